The fraction of sp³-hybridized carbons (Fsp3) is 0.600. The highest BCUT2D eigenvalue weighted by molar-refractivity contribution is 4.95. The standard InChI is InChI=1S/C10H18N4/c1-8(2)4-5-9(14-11)10-12-6-3-7-13-10/h3,6-9,14H,4-5,11H2,1-2H3. The predicted octanol–water partition coefficient (Wildman–Crippen LogP) is 1.42. The summed E-state index contributed by atoms with van der Waals surface area (Å²) in [7, 11) is 0. The van der Waals surface area contributed by atoms with Crippen molar-refractivity contribution in [1.82, 2.24) is 15.4 Å². The summed E-state index contributed by atoms with van der Waals surface area (Å²) in [6.45, 7) is 4.39. The maximum Gasteiger partial charge on any atom is 0.146 e. The molecule has 0 radical (unpaired) electrons. The zero-order chi connectivity index (χ0) is 10.4. The second-order valence-corrected chi connectivity index (χ2v) is 3.80. The van der Waals surface area contributed by atoms with E-state index in [9.17, 15) is 0 Å². The molecule has 1 aromatic rings. The van der Waals surface area contributed by atoms with Gasteiger partial charge in [-0.25, -0.2) is 15.4 Å². The van der Waals surface area contributed by atoms with Crippen LogP contribution in [0.3, 0.4) is 0 Å². The lowest BCUT2D eigenvalue weighted by molar-refractivity contribution is 0.433. The van der Waals surface area contributed by atoms with E-state index in [0.29, 0.717) is 5.92 Å². The minimum atomic E-state index is 0.0681. The summed E-state index contributed by atoms with van der Waals surface area (Å²) >= 11 is 0. The molecule has 1 heterocycles. The molecule has 14 heavy (non-hydrogen) atoms. The molecule has 78 valence electrons. The summed E-state index contributed by atoms with van der Waals surface area (Å²) in [5.41, 5.74) is 2.75. The molecule has 1 aromatic heterocycles. The van der Waals surface area contributed by atoms with Crippen LogP contribution in [0.5, 0.6) is 0 Å². The first-order valence-electron chi connectivity index (χ1n) is 4.97. The van der Waals surface area contributed by atoms with Crippen LogP contribution in [0.15, 0.2) is 18.5 Å². The van der Waals surface area contributed by atoms with E-state index in [1.807, 2.05) is 0 Å². The molecule has 0 aliphatic heterocycles. The van der Waals surface area contributed by atoms with Crippen molar-refractivity contribution in [3.63, 3.8) is 0 Å². The van der Waals surface area contributed by atoms with Gasteiger partial charge in [0.05, 0.1) is 6.04 Å². The monoisotopic (exact) mass is 194 g/mol. The summed E-state index contributed by atoms with van der Waals surface area (Å²) < 4.78 is 0. The van der Waals surface area contributed by atoms with Gasteiger partial charge in [-0.3, -0.25) is 5.84 Å². The highest BCUT2D eigenvalue weighted by Crippen LogP contribution is 2.16. The molecule has 0 amide bonds. The average molecular weight is 194 g/mol. The topological polar surface area (TPSA) is 63.8 Å². The number of rotatable bonds is 5. The molecule has 0 saturated heterocycles. The Labute approximate surface area is 84.9 Å². The maximum atomic E-state index is 5.46. The molecule has 3 N–H and O–H groups in total. The summed E-state index contributed by atoms with van der Waals surface area (Å²) in [6, 6.07) is 1.87. The molecule has 1 atom stereocenters. The summed E-state index contributed by atoms with van der Waals surface area (Å²) in [6.07, 6.45) is 5.56. The van der Waals surface area contributed by atoms with Crippen LogP contribution in [-0.4, -0.2) is 9.97 Å². The maximum absolute atomic E-state index is 5.46. The molecule has 4 heteroatoms. The lowest BCUT2D eigenvalue weighted by atomic mass is 10.0. The zero-order valence-electron chi connectivity index (χ0n) is 8.77. The van der Waals surface area contributed by atoms with Gasteiger partial charge in [-0.15, -0.1) is 0 Å². The zero-order valence-corrected chi connectivity index (χ0v) is 8.77. The van der Waals surface area contributed by atoms with E-state index in [1.54, 1.807) is 18.5 Å². The molecule has 4 nitrogen and oxygen atoms in total. The number of nitrogens with zero attached hydrogens (tertiary/aromatic N) is 2. The molecule has 0 aliphatic rings. The highest BCUT2D eigenvalue weighted by Gasteiger charge is 2.12. The van der Waals surface area contributed by atoms with Crippen LogP contribution in [-0.2, 0) is 0 Å². The van der Waals surface area contributed by atoms with Crippen LogP contribution >= 0.6 is 0 Å². The first kappa shape index (κ1) is 11.1. The normalized spacial score (nSPS) is 13.1. The Morgan fingerprint density at radius 1 is 1.29 bits per heavy atom. The number of hydrogen-bond acceptors (Lipinski definition) is 4. The molecule has 0 spiro atoms. The van der Waals surface area contributed by atoms with Gasteiger partial charge in [0.15, 0.2) is 0 Å². The van der Waals surface area contributed by atoms with Gasteiger partial charge < -0.3 is 0 Å². The minimum Gasteiger partial charge on any atom is -0.271 e. The lowest BCUT2D eigenvalue weighted by Crippen LogP contribution is -2.29. The third-order valence-corrected chi connectivity index (χ3v) is 2.13. The van der Waals surface area contributed by atoms with Crippen LogP contribution in [0.4, 0.5) is 0 Å². The summed E-state index contributed by atoms with van der Waals surface area (Å²) in [4.78, 5) is 8.35. The Kier molecular flexibility index (Phi) is 4.49. The SMILES string of the molecule is CC(C)CCC(NN)c1ncccn1. The Bertz CT molecular complexity index is 248. The third-order valence-electron chi connectivity index (χ3n) is 2.13. The Morgan fingerprint density at radius 2 is 1.93 bits per heavy atom. The molecule has 1 rings (SSSR count). The van der Waals surface area contributed by atoms with Crippen molar-refractivity contribution in [2.24, 2.45) is 11.8 Å². The lowest BCUT2D eigenvalue weighted by Gasteiger charge is -2.14. The van der Waals surface area contributed by atoms with Gasteiger partial charge in [0.1, 0.15) is 5.82 Å². The van der Waals surface area contributed by atoms with Crippen molar-refractivity contribution in [2.75, 3.05) is 0 Å². The van der Waals surface area contributed by atoms with Crippen LogP contribution in [0.1, 0.15) is 38.6 Å². The molecule has 0 fully saturated rings. The van der Waals surface area contributed by atoms with Crippen molar-refractivity contribution < 1.29 is 0 Å². The van der Waals surface area contributed by atoms with Gasteiger partial charge in [0.25, 0.3) is 0 Å². The second-order valence-electron chi connectivity index (χ2n) is 3.80. The first-order valence-corrected chi connectivity index (χ1v) is 4.97. The molecule has 0 bridgehead atoms. The Morgan fingerprint density at radius 3 is 2.43 bits per heavy atom. The largest absolute Gasteiger partial charge is 0.271 e. The van der Waals surface area contributed by atoms with Crippen molar-refractivity contribution in [1.29, 1.82) is 0 Å². The van der Waals surface area contributed by atoms with Gasteiger partial charge in [-0.1, -0.05) is 13.8 Å². The molecular weight excluding hydrogens is 176 g/mol. The third kappa shape index (κ3) is 3.40. The highest BCUT2D eigenvalue weighted by atomic mass is 15.2. The number of aromatic nitrogens is 2. The smallest absolute Gasteiger partial charge is 0.146 e. The van der Waals surface area contributed by atoms with E-state index in [4.69, 9.17) is 5.84 Å². The molecule has 0 saturated carbocycles. The van der Waals surface area contributed by atoms with Crippen molar-refractivity contribution in [2.45, 2.75) is 32.7 Å². The first-order chi connectivity index (χ1) is 6.74. The van der Waals surface area contributed by atoms with Gasteiger partial charge >= 0.3 is 0 Å². The molecular formula is C10H18N4. The number of nitrogens with one attached hydrogen (secondary N) is 1. The van der Waals surface area contributed by atoms with Crippen molar-refractivity contribution in [3.8, 4) is 0 Å². The molecule has 0 aromatic carbocycles. The Balaban J connectivity index is 2.54. The van der Waals surface area contributed by atoms with Crippen molar-refractivity contribution >= 4 is 0 Å². The van der Waals surface area contributed by atoms with Gasteiger partial charge in [-0.2, -0.15) is 0 Å². The predicted molar refractivity (Wildman–Crippen MR) is 56.2 cm³/mol. The van der Waals surface area contributed by atoms with E-state index in [1.165, 1.54) is 0 Å². The van der Waals surface area contributed by atoms with E-state index >= 15 is 0 Å². The van der Waals surface area contributed by atoms with Crippen molar-refractivity contribution in [3.05, 3.63) is 24.3 Å². The van der Waals surface area contributed by atoms with E-state index in [0.717, 1.165) is 18.7 Å². The second kappa shape index (κ2) is 5.67. The van der Waals surface area contributed by atoms with E-state index < -0.39 is 0 Å². The van der Waals surface area contributed by atoms with Gasteiger partial charge in [-0.05, 0) is 24.8 Å². The van der Waals surface area contributed by atoms with Gasteiger partial charge in [0, 0.05) is 12.4 Å². The van der Waals surface area contributed by atoms with Crippen LogP contribution in [0.2, 0.25) is 0 Å². The Hall–Kier alpha value is -1.00. The van der Waals surface area contributed by atoms with E-state index in [-0.39, 0.29) is 6.04 Å². The number of hydrogen-bond donors (Lipinski definition) is 2. The molecule has 0 aliphatic carbocycles. The van der Waals surface area contributed by atoms with Crippen LogP contribution < -0.4 is 11.3 Å². The van der Waals surface area contributed by atoms with Crippen LogP contribution in [0.25, 0.3) is 0 Å². The summed E-state index contributed by atoms with van der Waals surface area (Å²) in [5.74, 6) is 6.91. The quantitative estimate of drug-likeness (QED) is 0.549. The van der Waals surface area contributed by atoms with Crippen LogP contribution in [0, 0.1) is 5.92 Å². The average Bonchev–Trinajstić information content (AvgIpc) is 2.20. The number of hydrazine groups is 1. The minimum absolute atomic E-state index is 0.0681. The fourth-order valence-electron chi connectivity index (χ4n) is 1.28. The van der Waals surface area contributed by atoms with Gasteiger partial charge in [0.2, 0.25) is 0 Å². The fourth-order valence-corrected chi connectivity index (χ4v) is 1.28. The summed E-state index contributed by atoms with van der Waals surface area (Å²) in [5, 5.41) is 0. The molecule has 1 unspecified atom stereocenters. The van der Waals surface area contributed by atoms with E-state index in [2.05, 4.69) is 29.2 Å². The number of nitrogens with two attached hydrogens (primary N) is 1.